The molecule has 304 valence electrons. The summed E-state index contributed by atoms with van der Waals surface area (Å²) < 4.78 is 2.54. The first-order valence-corrected chi connectivity index (χ1v) is 24.4. The van der Waals surface area contributed by atoms with Crippen LogP contribution in [-0.4, -0.2) is 0 Å². The van der Waals surface area contributed by atoms with Crippen molar-refractivity contribution in [2.75, 3.05) is 0 Å². The second-order valence-corrected chi connectivity index (χ2v) is 17.2. The molecule has 0 amide bonds. The highest BCUT2D eigenvalue weighted by atomic mass is 14.9. The monoisotopic (exact) mass is 731 g/mol. The number of hydrogen-bond donors (Lipinski definition) is 0. The third kappa shape index (κ3) is 30.3. The van der Waals surface area contributed by atoms with Crippen molar-refractivity contribution in [3.63, 3.8) is 0 Å². The molecule has 0 fully saturated rings. The van der Waals surface area contributed by atoms with E-state index in [-0.39, 0.29) is 0 Å². The Morgan fingerprint density at radius 3 is 0.906 bits per heavy atom. The van der Waals surface area contributed by atoms with Crippen LogP contribution in [0.15, 0.2) is 48.8 Å². The summed E-state index contributed by atoms with van der Waals surface area (Å²) in [7, 11) is 0. The Morgan fingerprint density at radius 2 is 0.585 bits per heavy atom. The van der Waals surface area contributed by atoms with Gasteiger partial charge in [-0.1, -0.05) is 250 Å². The van der Waals surface area contributed by atoms with E-state index in [1.165, 1.54) is 250 Å². The number of pyridine rings is 1. The number of rotatable bonds is 40. The lowest BCUT2D eigenvalue weighted by Gasteiger charge is -2.08. The predicted molar refractivity (Wildman–Crippen MR) is 237 cm³/mol. The molecule has 1 heterocycles. The summed E-state index contributed by atoms with van der Waals surface area (Å²) in [5.74, 6) is 0. The van der Waals surface area contributed by atoms with Crippen molar-refractivity contribution < 1.29 is 4.57 Å². The Labute approximate surface area is 333 Å². The molecule has 0 atom stereocenters. The van der Waals surface area contributed by atoms with Crippen LogP contribution < -0.4 is 4.57 Å². The fourth-order valence-electron chi connectivity index (χ4n) is 8.40. The first kappa shape index (κ1) is 47.5. The summed E-state index contributed by atoms with van der Waals surface area (Å²) >= 11 is 0. The van der Waals surface area contributed by atoms with E-state index in [0.717, 1.165) is 6.54 Å². The van der Waals surface area contributed by atoms with Crippen molar-refractivity contribution in [2.24, 2.45) is 0 Å². The molecule has 0 spiro atoms. The van der Waals surface area contributed by atoms with E-state index in [4.69, 9.17) is 0 Å². The van der Waals surface area contributed by atoms with Crippen molar-refractivity contribution in [1.29, 1.82) is 0 Å². The Kier molecular flexibility index (Phi) is 33.4. The van der Waals surface area contributed by atoms with E-state index >= 15 is 0 Å². The Balaban J connectivity index is 1.55. The molecule has 0 aliphatic heterocycles. The van der Waals surface area contributed by atoms with Crippen LogP contribution in [0.4, 0.5) is 0 Å². The number of unbranched alkanes of at least 4 members (excludes halogenated alkanes) is 32. The van der Waals surface area contributed by atoms with E-state index in [1.54, 1.807) is 11.1 Å². The zero-order valence-corrected chi connectivity index (χ0v) is 36.1. The molecule has 2 rings (SSSR count). The van der Waals surface area contributed by atoms with Crippen LogP contribution in [0.5, 0.6) is 0 Å². The minimum atomic E-state index is 1.13. The van der Waals surface area contributed by atoms with Gasteiger partial charge in [-0.05, 0) is 43.7 Å². The summed E-state index contributed by atoms with van der Waals surface area (Å²) in [6.45, 7) is 5.76. The van der Waals surface area contributed by atoms with Crippen LogP contribution in [0.25, 0.3) is 0 Å². The van der Waals surface area contributed by atoms with Gasteiger partial charge < -0.3 is 0 Å². The molecule has 1 nitrogen and oxygen atoms in total. The molecule has 0 saturated carbocycles. The third-order valence-electron chi connectivity index (χ3n) is 11.9. The zero-order valence-electron chi connectivity index (χ0n) is 36.1. The molecule has 53 heavy (non-hydrogen) atoms. The van der Waals surface area contributed by atoms with Gasteiger partial charge in [-0.3, -0.25) is 0 Å². The van der Waals surface area contributed by atoms with Crippen LogP contribution >= 0.6 is 0 Å². The first-order chi connectivity index (χ1) is 26.3. The van der Waals surface area contributed by atoms with Gasteiger partial charge in [0.25, 0.3) is 0 Å². The lowest BCUT2D eigenvalue weighted by atomic mass is 10.0. The van der Waals surface area contributed by atoms with Crippen LogP contribution in [-0.2, 0) is 25.8 Å². The van der Waals surface area contributed by atoms with E-state index in [0.29, 0.717) is 0 Å². The number of benzene rings is 1. The molecule has 0 aliphatic carbocycles. The van der Waals surface area contributed by atoms with Crippen molar-refractivity contribution in [2.45, 2.75) is 264 Å². The molecule has 1 aromatic heterocycles. The molecule has 0 bridgehead atoms. The van der Waals surface area contributed by atoms with Crippen LogP contribution in [0.2, 0.25) is 0 Å². The maximum atomic E-state index is 2.56. The molecule has 0 saturated heterocycles. The third-order valence-corrected chi connectivity index (χ3v) is 11.9. The topological polar surface area (TPSA) is 3.88 Å². The molecular formula is C52H92N+. The lowest BCUT2D eigenvalue weighted by Crippen LogP contribution is -2.34. The maximum absolute atomic E-state index is 2.56. The molecule has 0 unspecified atom stereocenters. The predicted octanol–water partition coefficient (Wildman–Crippen LogP) is 17.0. The summed E-state index contributed by atoms with van der Waals surface area (Å²) in [6.07, 6.45) is 59.0. The minimum Gasteiger partial charge on any atom is -0.205 e. The van der Waals surface area contributed by atoms with Gasteiger partial charge in [-0.25, -0.2) is 4.57 Å². The second kappa shape index (κ2) is 37.3. The van der Waals surface area contributed by atoms with Gasteiger partial charge in [0.1, 0.15) is 6.54 Å². The molecular weight excluding hydrogens is 639 g/mol. The number of aryl methyl sites for hydroxylation is 4. The van der Waals surface area contributed by atoms with Gasteiger partial charge >= 0.3 is 0 Å². The van der Waals surface area contributed by atoms with Crippen molar-refractivity contribution in [1.82, 2.24) is 0 Å². The summed E-state index contributed by atoms with van der Waals surface area (Å²) in [5.41, 5.74) is 4.63. The maximum Gasteiger partial charge on any atom is 0.171 e. The number of aromatic nitrogens is 1. The summed E-state index contributed by atoms with van der Waals surface area (Å²) in [4.78, 5) is 0. The standard InChI is InChI=1S/C52H92N/c1-3-5-7-9-11-13-15-17-19-21-23-25-27-29-31-33-36-43-51-47-52(49-53(48-51)46-40-45-50-41-38-35-39-42-50)44-37-34-32-30-28-26-24-22-20-18-16-14-12-10-8-6-4-2/h35,38-39,41-42,47-49H,3-34,36-37,40,43-46H2,1-2H3/q+1. The van der Waals surface area contributed by atoms with Crippen molar-refractivity contribution in [3.8, 4) is 0 Å². The minimum absolute atomic E-state index is 1.13. The molecule has 0 radical (unpaired) electrons. The molecule has 1 aromatic carbocycles. The largest absolute Gasteiger partial charge is 0.205 e. The Hall–Kier alpha value is -1.63. The average molecular weight is 731 g/mol. The highest BCUT2D eigenvalue weighted by molar-refractivity contribution is 5.16. The SMILES string of the molecule is CCCCCCCCCCCCCCCCCCCc1cc(CCCCCCCCCCCCCCCCCCC)c[n+](CCCc2ccccc2)c1. The van der Waals surface area contributed by atoms with Crippen LogP contribution in [0, 0.1) is 0 Å². The first-order valence-electron chi connectivity index (χ1n) is 24.4. The number of hydrogen-bond acceptors (Lipinski definition) is 0. The van der Waals surface area contributed by atoms with E-state index in [9.17, 15) is 0 Å². The lowest BCUT2D eigenvalue weighted by molar-refractivity contribution is -0.698. The Morgan fingerprint density at radius 1 is 0.302 bits per heavy atom. The van der Waals surface area contributed by atoms with Crippen LogP contribution in [0.1, 0.15) is 255 Å². The van der Waals surface area contributed by atoms with Gasteiger partial charge in [0.15, 0.2) is 12.4 Å². The quantitative estimate of drug-likeness (QED) is 0.0475. The molecule has 2 aromatic rings. The normalized spacial score (nSPS) is 11.5. The zero-order chi connectivity index (χ0) is 37.5. The molecule has 0 aliphatic rings. The summed E-state index contributed by atoms with van der Waals surface area (Å²) in [5, 5.41) is 0. The smallest absolute Gasteiger partial charge is 0.171 e. The van der Waals surface area contributed by atoms with Crippen LogP contribution in [0.3, 0.4) is 0 Å². The van der Waals surface area contributed by atoms with Crippen molar-refractivity contribution in [3.05, 3.63) is 65.5 Å². The molecule has 0 N–H and O–H groups in total. The second-order valence-electron chi connectivity index (χ2n) is 17.2. The fourth-order valence-corrected chi connectivity index (χ4v) is 8.40. The Bertz CT molecular complexity index is 955. The fraction of sp³-hybridized carbons (Fsp3) is 0.788. The highest BCUT2D eigenvalue weighted by Gasteiger charge is 2.09. The van der Waals surface area contributed by atoms with Gasteiger partial charge in [0.2, 0.25) is 0 Å². The van der Waals surface area contributed by atoms with Gasteiger partial charge in [-0.15, -0.1) is 0 Å². The van der Waals surface area contributed by atoms with E-state index < -0.39 is 0 Å². The van der Waals surface area contributed by atoms with Gasteiger partial charge in [-0.2, -0.15) is 0 Å². The highest BCUT2D eigenvalue weighted by Crippen LogP contribution is 2.17. The van der Waals surface area contributed by atoms with E-state index in [1.807, 2.05) is 0 Å². The van der Waals surface area contributed by atoms with Gasteiger partial charge in [0, 0.05) is 17.5 Å². The van der Waals surface area contributed by atoms with Gasteiger partial charge in [0.05, 0.1) is 0 Å². The molecule has 1 heteroatoms. The average Bonchev–Trinajstić information content (AvgIpc) is 3.17. The number of nitrogens with zero attached hydrogens (tertiary/aromatic N) is 1. The van der Waals surface area contributed by atoms with E-state index in [2.05, 4.69) is 67.2 Å². The summed E-state index contributed by atoms with van der Waals surface area (Å²) in [6, 6.07) is 13.6. The van der Waals surface area contributed by atoms with Crippen molar-refractivity contribution >= 4 is 0 Å².